The van der Waals surface area contributed by atoms with Gasteiger partial charge in [0.2, 0.25) is 4.77 Å². The van der Waals surface area contributed by atoms with Gasteiger partial charge in [0.15, 0.2) is 11.6 Å². The van der Waals surface area contributed by atoms with Crippen LogP contribution in [0.25, 0.3) is 5.69 Å². The highest BCUT2D eigenvalue weighted by atomic mass is 35.5. The molecule has 7 heteroatoms. The van der Waals surface area contributed by atoms with Gasteiger partial charge in [0.1, 0.15) is 6.54 Å². The van der Waals surface area contributed by atoms with Crippen molar-refractivity contribution in [3.63, 3.8) is 0 Å². The maximum Gasteiger partial charge on any atom is 0.203 e. The number of carbonyl (C=O) groups excluding carboxylic acids is 1. The van der Waals surface area contributed by atoms with Gasteiger partial charge in [-0.1, -0.05) is 73.3 Å². The van der Waals surface area contributed by atoms with Crippen molar-refractivity contribution in [3.8, 4) is 5.69 Å². The van der Waals surface area contributed by atoms with E-state index in [1.165, 1.54) is 37.7 Å². The summed E-state index contributed by atoms with van der Waals surface area (Å²) in [6.45, 7) is 0.535. The minimum Gasteiger partial charge on any atom is -0.378 e. The van der Waals surface area contributed by atoms with Crippen LogP contribution >= 0.6 is 23.8 Å². The van der Waals surface area contributed by atoms with E-state index in [1.54, 1.807) is 4.68 Å². The summed E-state index contributed by atoms with van der Waals surface area (Å²) < 4.78 is 4.03. The van der Waals surface area contributed by atoms with Gasteiger partial charge in [-0.15, -0.1) is 0 Å². The van der Waals surface area contributed by atoms with E-state index in [9.17, 15) is 4.79 Å². The first-order chi connectivity index (χ1) is 17.6. The fraction of sp³-hybridized carbons (Fsp3) is 0.276. The summed E-state index contributed by atoms with van der Waals surface area (Å²) in [6, 6.07) is 25.5. The highest BCUT2D eigenvalue weighted by Gasteiger charge is 2.18. The molecule has 0 radical (unpaired) electrons. The van der Waals surface area contributed by atoms with E-state index in [0.717, 1.165) is 17.2 Å². The van der Waals surface area contributed by atoms with Gasteiger partial charge in [0.05, 0.1) is 6.54 Å². The zero-order chi connectivity index (χ0) is 24.9. The lowest BCUT2D eigenvalue weighted by Gasteiger charge is -2.22. The average Bonchev–Trinajstić information content (AvgIpc) is 3.24. The minimum atomic E-state index is -0.00350. The number of para-hydroxylation sites is 1. The van der Waals surface area contributed by atoms with E-state index in [1.807, 2.05) is 71.3 Å². The minimum absolute atomic E-state index is 0.00350. The predicted molar refractivity (Wildman–Crippen MR) is 148 cm³/mol. The second-order valence-electron chi connectivity index (χ2n) is 9.27. The quantitative estimate of drug-likeness (QED) is 0.193. The number of hydrogen-bond donors (Lipinski definition) is 1. The van der Waals surface area contributed by atoms with E-state index in [-0.39, 0.29) is 12.3 Å². The summed E-state index contributed by atoms with van der Waals surface area (Å²) in [7, 11) is 0. The number of benzene rings is 3. The Morgan fingerprint density at radius 2 is 1.64 bits per heavy atom. The molecule has 1 N–H and O–H groups in total. The summed E-state index contributed by atoms with van der Waals surface area (Å²) >= 11 is 11.8. The van der Waals surface area contributed by atoms with Gasteiger partial charge in [-0.25, -0.2) is 4.68 Å². The number of anilines is 1. The van der Waals surface area contributed by atoms with Crippen molar-refractivity contribution < 1.29 is 4.79 Å². The molecule has 0 saturated heterocycles. The Hall–Kier alpha value is -3.22. The van der Waals surface area contributed by atoms with Crippen LogP contribution in [-0.4, -0.2) is 20.1 Å². The number of rotatable bonds is 8. The molecule has 1 heterocycles. The second kappa shape index (κ2) is 11.2. The first-order valence-corrected chi connectivity index (χ1v) is 13.2. The van der Waals surface area contributed by atoms with Gasteiger partial charge >= 0.3 is 0 Å². The van der Waals surface area contributed by atoms with Gasteiger partial charge in [0.25, 0.3) is 0 Å². The van der Waals surface area contributed by atoms with E-state index >= 15 is 0 Å². The van der Waals surface area contributed by atoms with E-state index in [2.05, 4.69) is 17.4 Å². The number of aromatic nitrogens is 3. The predicted octanol–water partition coefficient (Wildman–Crippen LogP) is 7.60. The molecule has 1 saturated carbocycles. The van der Waals surface area contributed by atoms with Gasteiger partial charge in [0, 0.05) is 22.0 Å². The Morgan fingerprint density at radius 1 is 0.944 bits per heavy atom. The molecule has 0 bridgehead atoms. The third-order valence-corrected chi connectivity index (χ3v) is 7.46. The van der Waals surface area contributed by atoms with Crippen LogP contribution in [0.15, 0.2) is 78.9 Å². The summed E-state index contributed by atoms with van der Waals surface area (Å²) in [4.78, 5) is 13.2. The van der Waals surface area contributed by atoms with Gasteiger partial charge in [-0.2, -0.15) is 5.10 Å². The number of carbonyl (C=O) groups is 1. The summed E-state index contributed by atoms with van der Waals surface area (Å²) in [5.41, 5.74) is 3.86. The van der Waals surface area contributed by atoms with Gasteiger partial charge < -0.3 is 5.32 Å². The Bertz CT molecular complexity index is 1370. The fourth-order valence-corrected chi connectivity index (χ4v) is 5.30. The van der Waals surface area contributed by atoms with Crippen molar-refractivity contribution in [2.24, 2.45) is 0 Å². The zero-order valence-corrected chi connectivity index (χ0v) is 21.6. The molecule has 1 fully saturated rings. The molecule has 5 rings (SSSR count). The molecule has 0 unspecified atom stereocenters. The van der Waals surface area contributed by atoms with Crippen molar-refractivity contribution in [1.82, 2.24) is 14.3 Å². The third kappa shape index (κ3) is 5.61. The monoisotopic (exact) mass is 516 g/mol. The van der Waals surface area contributed by atoms with Crippen LogP contribution < -0.4 is 5.32 Å². The number of halogens is 1. The molecule has 36 heavy (non-hydrogen) atoms. The maximum atomic E-state index is 13.2. The van der Waals surface area contributed by atoms with Crippen LogP contribution in [0.4, 0.5) is 5.69 Å². The Kier molecular flexibility index (Phi) is 7.63. The molecule has 4 aromatic rings. The maximum absolute atomic E-state index is 13.2. The lowest BCUT2D eigenvalue weighted by molar-refractivity contribution is 0.0967. The Balaban J connectivity index is 1.37. The van der Waals surface area contributed by atoms with Crippen LogP contribution in [-0.2, 0) is 13.1 Å². The molecule has 0 atom stereocenters. The average molecular weight is 517 g/mol. The van der Waals surface area contributed by atoms with Crippen LogP contribution in [0, 0.1) is 4.77 Å². The van der Waals surface area contributed by atoms with Crippen molar-refractivity contribution >= 4 is 35.3 Å². The molecule has 1 aromatic heterocycles. The zero-order valence-electron chi connectivity index (χ0n) is 20.1. The van der Waals surface area contributed by atoms with Crippen molar-refractivity contribution in [3.05, 3.63) is 106 Å². The lowest BCUT2D eigenvalue weighted by atomic mass is 9.84. The summed E-state index contributed by atoms with van der Waals surface area (Å²) in [5, 5.41) is 8.80. The van der Waals surface area contributed by atoms with Crippen LogP contribution in [0.1, 0.15) is 59.8 Å². The topological polar surface area (TPSA) is 51.9 Å². The molecule has 184 valence electrons. The van der Waals surface area contributed by atoms with E-state index in [4.69, 9.17) is 28.9 Å². The fourth-order valence-electron chi connectivity index (χ4n) is 4.86. The summed E-state index contributed by atoms with van der Waals surface area (Å²) in [6.07, 6.45) is 6.41. The molecule has 1 aliphatic carbocycles. The number of hydrogen-bond acceptors (Lipinski definition) is 4. The van der Waals surface area contributed by atoms with Crippen LogP contribution in [0.3, 0.4) is 0 Å². The van der Waals surface area contributed by atoms with Crippen molar-refractivity contribution in [1.29, 1.82) is 0 Å². The molecule has 5 nitrogen and oxygen atoms in total. The normalized spacial score (nSPS) is 14.0. The number of ketones is 1. The second-order valence-corrected chi connectivity index (χ2v) is 10.1. The highest BCUT2D eigenvalue weighted by molar-refractivity contribution is 7.71. The SMILES string of the molecule is O=C(Cn1nc(CNc2ccc(Cl)cc2)n(-c2ccccc2)c1=S)c1ccc(C2CCCCC2)cc1. The van der Waals surface area contributed by atoms with E-state index < -0.39 is 0 Å². The molecular formula is C29H29ClN4OS. The van der Waals surface area contributed by atoms with Crippen LogP contribution in [0.5, 0.6) is 0 Å². The first kappa shape index (κ1) is 24.5. The first-order valence-electron chi connectivity index (χ1n) is 12.5. The molecule has 0 spiro atoms. The van der Waals surface area contributed by atoms with Gasteiger partial charge in [-0.05, 0) is 72.9 Å². The molecule has 3 aromatic carbocycles. The van der Waals surface area contributed by atoms with Gasteiger partial charge in [-0.3, -0.25) is 9.36 Å². The number of nitrogens with one attached hydrogen (secondary N) is 1. The molecule has 0 aliphatic heterocycles. The number of Topliss-reactive ketones (excluding diaryl/α,β-unsaturated/α-hetero) is 1. The van der Waals surface area contributed by atoms with Crippen molar-refractivity contribution in [2.75, 3.05) is 5.32 Å². The van der Waals surface area contributed by atoms with E-state index in [0.29, 0.717) is 27.8 Å². The van der Waals surface area contributed by atoms with Crippen LogP contribution in [0.2, 0.25) is 5.02 Å². The third-order valence-electron chi connectivity index (χ3n) is 6.82. The largest absolute Gasteiger partial charge is 0.378 e. The molecule has 0 amide bonds. The smallest absolute Gasteiger partial charge is 0.203 e. The molecule has 1 aliphatic rings. The lowest BCUT2D eigenvalue weighted by Crippen LogP contribution is -2.13. The molecular weight excluding hydrogens is 488 g/mol. The van der Waals surface area contributed by atoms with Crippen molar-refractivity contribution in [2.45, 2.75) is 51.1 Å². The number of nitrogens with zero attached hydrogens (tertiary/aromatic N) is 3. The Labute approximate surface area is 221 Å². The highest BCUT2D eigenvalue weighted by Crippen LogP contribution is 2.32. The standard InChI is InChI=1S/C29H29ClN4OS/c30-24-15-17-25(18-16-24)31-19-28-32-33(29(36)34(28)26-9-5-2-6-10-26)20-27(35)23-13-11-22(12-14-23)21-7-3-1-4-8-21/h2,5-6,9-18,21,31H,1,3-4,7-8,19-20H2. The summed E-state index contributed by atoms with van der Waals surface area (Å²) in [5.74, 6) is 1.34. The Morgan fingerprint density at radius 3 is 2.33 bits per heavy atom.